The lowest BCUT2D eigenvalue weighted by Gasteiger charge is -2.21. The summed E-state index contributed by atoms with van der Waals surface area (Å²) in [6.07, 6.45) is 0. The monoisotopic (exact) mass is 250 g/mol. The highest BCUT2D eigenvalue weighted by atomic mass is 16.5. The molecule has 4 nitrogen and oxygen atoms in total. The number of aryl methyl sites for hydroxylation is 1. The summed E-state index contributed by atoms with van der Waals surface area (Å²) in [4.78, 5) is 13.7. The van der Waals surface area contributed by atoms with Gasteiger partial charge in [0, 0.05) is 25.2 Å². The second kappa shape index (κ2) is 6.40. The number of rotatable bonds is 5. The van der Waals surface area contributed by atoms with Crippen LogP contribution >= 0.6 is 0 Å². The highest BCUT2D eigenvalue weighted by molar-refractivity contribution is 5.94. The number of nitrogens with two attached hydrogens (primary N) is 1. The van der Waals surface area contributed by atoms with E-state index in [-0.39, 0.29) is 11.8 Å². The Morgan fingerprint density at radius 2 is 2.17 bits per heavy atom. The summed E-state index contributed by atoms with van der Waals surface area (Å²) in [5.74, 6) is 0.719. The maximum atomic E-state index is 12.0. The first-order chi connectivity index (χ1) is 8.51. The van der Waals surface area contributed by atoms with Gasteiger partial charge >= 0.3 is 0 Å². The van der Waals surface area contributed by atoms with Crippen molar-refractivity contribution in [2.75, 3.05) is 25.1 Å². The number of amides is 1. The molecule has 0 aliphatic rings. The number of hydrogen-bond acceptors (Lipinski definition) is 3. The van der Waals surface area contributed by atoms with Gasteiger partial charge in [-0.15, -0.1) is 0 Å². The SMILES string of the molecule is CCOc1ccc(N(C)C(=O)C(C)CN)cc1C. The third kappa shape index (κ3) is 3.23. The Morgan fingerprint density at radius 1 is 1.50 bits per heavy atom. The standard InChI is InChI=1S/C14H22N2O2/c1-5-18-13-7-6-12(8-10(13)2)16(4)14(17)11(3)9-15/h6-8,11H,5,9,15H2,1-4H3. The van der Waals surface area contributed by atoms with Crippen molar-refractivity contribution in [1.82, 2.24) is 0 Å². The van der Waals surface area contributed by atoms with Crippen LogP contribution in [0, 0.1) is 12.8 Å². The van der Waals surface area contributed by atoms with Crippen LogP contribution in [0.1, 0.15) is 19.4 Å². The van der Waals surface area contributed by atoms with E-state index in [1.54, 1.807) is 11.9 Å². The lowest BCUT2D eigenvalue weighted by Crippen LogP contribution is -2.35. The first kappa shape index (κ1) is 14.5. The fraction of sp³-hybridized carbons (Fsp3) is 0.500. The van der Waals surface area contributed by atoms with Gasteiger partial charge in [-0.3, -0.25) is 4.79 Å². The van der Waals surface area contributed by atoms with Crippen LogP contribution < -0.4 is 15.4 Å². The lowest BCUT2D eigenvalue weighted by molar-refractivity contribution is -0.121. The van der Waals surface area contributed by atoms with Crippen LogP contribution in [-0.4, -0.2) is 26.1 Å². The second-order valence-electron chi connectivity index (χ2n) is 4.42. The second-order valence-corrected chi connectivity index (χ2v) is 4.42. The van der Waals surface area contributed by atoms with E-state index in [4.69, 9.17) is 10.5 Å². The Morgan fingerprint density at radius 3 is 2.67 bits per heavy atom. The average Bonchev–Trinajstić information content (AvgIpc) is 2.38. The van der Waals surface area contributed by atoms with Crippen LogP contribution in [0.25, 0.3) is 0 Å². The minimum absolute atomic E-state index is 0.0288. The summed E-state index contributed by atoms with van der Waals surface area (Å²) >= 11 is 0. The predicted octanol–water partition coefficient (Wildman–Crippen LogP) is 1.95. The molecule has 4 heteroatoms. The van der Waals surface area contributed by atoms with Gasteiger partial charge in [0.1, 0.15) is 5.75 Å². The Balaban J connectivity index is 2.90. The van der Waals surface area contributed by atoms with E-state index in [0.29, 0.717) is 13.2 Å². The van der Waals surface area contributed by atoms with E-state index in [1.165, 1.54) is 0 Å². The molecular weight excluding hydrogens is 228 g/mol. The van der Waals surface area contributed by atoms with Crippen molar-refractivity contribution in [3.63, 3.8) is 0 Å². The molecule has 0 saturated carbocycles. The molecule has 0 radical (unpaired) electrons. The van der Waals surface area contributed by atoms with Gasteiger partial charge in [0.05, 0.1) is 6.61 Å². The minimum Gasteiger partial charge on any atom is -0.494 e. The van der Waals surface area contributed by atoms with Crippen LogP contribution in [0.4, 0.5) is 5.69 Å². The number of hydrogen-bond donors (Lipinski definition) is 1. The quantitative estimate of drug-likeness (QED) is 0.869. The van der Waals surface area contributed by atoms with Gasteiger partial charge in [-0.05, 0) is 37.6 Å². The molecule has 0 fully saturated rings. The molecule has 0 aliphatic carbocycles. The molecule has 1 atom stereocenters. The molecule has 1 amide bonds. The van der Waals surface area contributed by atoms with Crippen molar-refractivity contribution in [3.05, 3.63) is 23.8 Å². The topological polar surface area (TPSA) is 55.6 Å². The number of benzene rings is 1. The molecule has 2 N–H and O–H groups in total. The molecule has 1 rings (SSSR count). The lowest BCUT2D eigenvalue weighted by atomic mass is 10.1. The fourth-order valence-corrected chi connectivity index (χ4v) is 1.72. The van der Waals surface area contributed by atoms with E-state index < -0.39 is 0 Å². The Labute approximate surface area is 109 Å². The zero-order chi connectivity index (χ0) is 13.7. The Kier molecular flexibility index (Phi) is 5.16. The molecule has 1 unspecified atom stereocenters. The first-order valence-electron chi connectivity index (χ1n) is 6.22. The summed E-state index contributed by atoms with van der Waals surface area (Å²) in [5, 5.41) is 0. The third-order valence-corrected chi connectivity index (χ3v) is 2.95. The van der Waals surface area contributed by atoms with E-state index in [9.17, 15) is 4.79 Å². The van der Waals surface area contributed by atoms with Gasteiger partial charge in [0.15, 0.2) is 0 Å². The van der Waals surface area contributed by atoms with Crippen molar-refractivity contribution in [3.8, 4) is 5.75 Å². The maximum absolute atomic E-state index is 12.0. The summed E-state index contributed by atoms with van der Waals surface area (Å²) in [6, 6.07) is 5.73. The zero-order valence-electron chi connectivity index (χ0n) is 11.6. The molecule has 1 aromatic rings. The normalized spacial score (nSPS) is 12.1. The van der Waals surface area contributed by atoms with Gasteiger partial charge < -0.3 is 15.4 Å². The van der Waals surface area contributed by atoms with Crippen molar-refractivity contribution in [2.45, 2.75) is 20.8 Å². The molecule has 100 valence electrons. The van der Waals surface area contributed by atoms with E-state index in [0.717, 1.165) is 17.0 Å². The van der Waals surface area contributed by atoms with Crippen LogP contribution in [0.3, 0.4) is 0 Å². The molecule has 0 aliphatic heterocycles. The van der Waals surface area contributed by atoms with Crippen molar-refractivity contribution in [1.29, 1.82) is 0 Å². The number of anilines is 1. The summed E-state index contributed by atoms with van der Waals surface area (Å²) < 4.78 is 5.48. The van der Waals surface area contributed by atoms with Gasteiger partial charge in [-0.1, -0.05) is 6.92 Å². The number of nitrogens with zero attached hydrogens (tertiary/aromatic N) is 1. The number of carbonyl (C=O) groups is 1. The molecular formula is C14H22N2O2. The largest absolute Gasteiger partial charge is 0.494 e. The number of carbonyl (C=O) groups excluding carboxylic acids is 1. The van der Waals surface area contributed by atoms with Gasteiger partial charge in [-0.25, -0.2) is 0 Å². The summed E-state index contributed by atoms with van der Waals surface area (Å²) in [7, 11) is 1.77. The molecule has 0 bridgehead atoms. The van der Waals surface area contributed by atoms with Crippen LogP contribution in [0.15, 0.2) is 18.2 Å². The highest BCUT2D eigenvalue weighted by Crippen LogP contribution is 2.24. The van der Waals surface area contributed by atoms with Crippen molar-refractivity contribution >= 4 is 11.6 Å². The van der Waals surface area contributed by atoms with Crippen LogP contribution in [0.2, 0.25) is 0 Å². The highest BCUT2D eigenvalue weighted by Gasteiger charge is 2.17. The molecule has 0 spiro atoms. The van der Waals surface area contributed by atoms with E-state index in [2.05, 4.69) is 0 Å². The summed E-state index contributed by atoms with van der Waals surface area (Å²) in [5.41, 5.74) is 7.40. The van der Waals surface area contributed by atoms with Crippen LogP contribution in [0.5, 0.6) is 5.75 Å². The Bertz CT molecular complexity index is 418. The molecule has 0 heterocycles. The third-order valence-electron chi connectivity index (χ3n) is 2.95. The summed E-state index contributed by atoms with van der Waals surface area (Å²) in [6.45, 7) is 6.75. The average molecular weight is 250 g/mol. The maximum Gasteiger partial charge on any atom is 0.230 e. The molecule has 1 aromatic carbocycles. The van der Waals surface area contributed by atoms with Gasteiger partial charge in [0.2, 0.25) is 5.91 Å². The van der Waals surface area contributed by atoms with Gasteiger partial charge in [-0.2, -0.15) is 0 Å². The van der Waals surface area contributed by atoms with E-state index in [1.807, 2.05) is 39.0 Å². The smallest absolute Gasteiger partial charge is 0.230 e. The van der Waals surface area contributed by atoms with Crippen molar-refractivity contribution < 1.29 is 9.53 Å². The zero-order valence-corrected chi connectivity index (χ0v) is 11.6. The number of ether oxygens (including phenoxy) is 1. The van der Waals surface area contributed by atoms with Gasteiger partial charge in [0.25, 0.3) is 0 Å². The van der Waals surface area contributed by atoms with Crippen LogP contribution in [-0.2, 0) is 4.79 Å². The first-order valence-corrected chi connectivity index (χ1v) is 6.22. The van der Waals surface area contributed by atoms with Crippen molar-refractivity contribution in [2.24, 2.45) is 11.7 Å². The molecule has 18 heavy (non-hydrogen) atoms. The molecule has 0 aromatic heterocycles. The Hall–Kier alpha value is -1.55. The predicted molar refractivity (Wildman–Crippen MR) is 74.0 cm³/mol. The fourth-order valence-electron chi connectivity index (χ4n) is 1.72. The minimum atomic E-state index is -0.165. The molecule has 0 saturated heterocycles. The van der Waals surface area contributed by atoms with E-state index >= 15 is 0 Å².